The Morgan fingerprint density at radius 3 is 2.65 bits per heavy atom. The third-order valence-electron chi connectivity index (χ3n) is 3.79. The van der Waals surface area contributed by atoms with E-state index in [1.165, 1.54) is 0 Å². The smallest absolute Gasteiger partial charge is 0.144 e. The van der Waals surface area contributed by atoms with Gasteiger partial charge in [0, 0.05) is 31.1 Å². The third kappa shape index (κ3) is 3.85. The molecule has 0 radical (unpaired) electrons. The SMILES string of the molecule is CC1CN(C)CCN1CCC(C)(C)C(N)=NO. The number of hydrogen-bond acceptors (Lipinski definition) is 4. The molecule has 100 valence electrons. The van der Waals surface area contributed by atoms with Crippen LogP contribution in [-0.2, 0) is 0 Å². The maximum absolute atomic E-state index is 8.74. The molecule has 1 unspecified atom stereocenters. The van der Waals surface area contributed by atoms with Gasteiger partial charge in [-0.15, -0.1) is 0 Å². The molecule has 1 fully saturated rings. The van der Waals surface area contributed by atoms with Crippen LogP contribution < -0.4 is 5.73 Å². The number of oxime groups is 1. The summed E-state index contributed by atoms with van der Waals surface area (Å²) in [6.45, 7) is 10.6. The Morgan fingerprint density at radius 2 is 2.12 bits per heavy atom. The van der Waals surface area contributed by atoms with Gasteiger partial charge in [-0.2, -0.15) is 0 Å². The molecular formula is C12H26N4O. The molecule has 0 aliphatic carbocycles. The van der Waals surface area contributed by atoms with Gasteiger partial charge in [-0.25, -0.2) is 0 Å². The minimum absolute atomic E-state index is 0.238. The first-order valence-electron chi connectivity index (χ1n) is 6.27. The summed E-state index contributed by atoms with van der Waals surface area (Å²) in [5.41, 5.74) is 5.46. The summed E-state index contributed by atoms with van der Waals surface area (Å²) in [4.78, 5) is 4.84. The van der Waals surface area contributed by atoms with Crippen LogP contribution in [0.5, 0.6) is 0 Å². The molecule has 0 amide bonds. The molecule has 0 saturated carbocycles. The van der Waals surface area contributed by atoms with E-state index < -0.39 is 0 Å². The summed E-state index contributed by atoms with van der Waals surface area (Å²) in [5, 5.41) is 11.9. The van der Waals surface area contributed by atoms with Crippen molar-refractivity contribution in [3.63, 3.8) is 0 Å². The van der Waals surface area contributed by atoms with E-state index in [1.54, 1.807) is 0 Å². The van der Waals surface area contributed by atoms with Gasteiger partial charge >= 0.3 is 0 Å². The molecular weight excluding hydrogens is 216 g/mol. The highest BCUT2D eigenvalue weighted by Gasteiger charge is 2.27. The molecule has 3 N–H and O–H groups in total. The predicted molar refractivity (Wildman–Crippen MR) is 70.3 cm³/mol. The lowest BCUT2D eigenvalue weighted by molar-refractivity contribution is 0.0926. The minimum atomic E-state index is -0.238. The monoisotopic (exact) mass is 242 g/mol. The summed E-state index contributed by atoms with van der Waals surface area (Å²) in [5.74, 6) is 0.319. The summed E-state index contributed by atoms with van der Waals surface area (Å²) in [6, 6.07) is 0.580. The number of likely N-dealkylation sites (N-methyl/N-ethyl adjacent to an activating group) is 1. The van der Waals surface area contributed by atoms with Crippen LogP contribution in [0.3, 0.4) is 0 Å². The molecule has 1 aliphatic heterocycles. The molecule has 0 bridgehead atoms. The maximum atomic E-state index is 8.74. The van der Waals surface area contributed by atoms with Crippen molar-refractivity contribution < 1.29 is 5.21 Å². The average molecular weight is 242 g/mol. The van der Waals surface area contributed by atoms with Crippen LogP contribution in [0.15, 0.2) is 5.16 Å². The highest BCUT2D eigenvalue weighted by atomic mass is 16.4. The zero-order valence-electron chi connectivity index (χ0n) is 11.5. The number of hydrogen-bond donors (Lipinski definition) is 2. The normalized spacial score (nSPS) is 25.2. The fraction of sp³-hybridized carbons (Fsp3) is 0.917. The first kappa shape index (κ1) is 14.3. The number of piperazine rings is 1. The molecule has 1 heterocycles. The van der Waals surface area contributed by atoms with E-state index in [0.29, 0.717) is 11.9 Å². The lowest BCUT2D eigenvalue weighted by Gasteiger charge is -2.39. The van der Waals surface area contributed by atoms with E-state index in [-0.39, 0.29) is 5.41 Å². The average Bonchev–Trinajstić information content (AvgIpc) is 2.26. The van der Waals surface area contributed by atoms with Crippen LogP contribution in [0.1, 0.15) is 27.2 Å². The Balaban J connectivity index is 2.45. The topological polar surface area (TPSA) is 65.1 Å². The van der Waals surface area contributed by atoms with Crippen molar-refractivity contribution in [2.75, 3.05) is 33.2 Å². The second kappa shape index (κ2) is 5.69. The lowest BCUT2D eigenvalue weighted by Crippen LogP contribution is -2.51. The number of nitrogens with zero attached hydrogens (tertiary/aromatic N) is 3. The first-order chi connectivity index (χ1) is 7.86. The fourth-order valence-corrected chi connectivity index (χ4v) is 2.20. The Hall–Kier alpha value is -0.810. The van der Waals surface area contributed by atoms with Crippen molar-refractivity contribution >= 4 is 5.84 Å². The molecule has 1 rings (SSSR count). The molecule has 1 aliphatic rings. The standard InChI is InChI=1S/C12H26N4O/c1-10-9-15(4)7-8-16(10)6-5-12(2,3)11(13)14-17/h10,17H,5-9H2,1-4H3,(H2,13,14). The Bertz CT molecular complexity index is 278. The van der Waals surface area contributed by atoms with Gasteiger partial charge in [-0.05, 0) is 26.9 Å². The lowest BCUT2D eigenvalue weighted by atomic mass is 9.87. The van der Waals surface area contributed by atoms with Crippen molar-refractivity contribution in [1.29, 1.82) is 0 Å². The number of nitrogens with two attached hydrogens (primary N) is 1. The van der Waals surface area contributed by atoms with Crippen molar-refractivity contribution in [3.05, 3.63) is 0 Å². The van der Waals surface area contributed by atoms with Gasteiger partial charge in [0.25, 0.3) is 0 Å². The van der Waals surface area contributed by atoms with Crippen molar-refractivity contribution in [2.24, 2.45) is 16.3 Å². The fourth-order valence-electron chi connectivity index (χ4n) is 2.20. The van der Waals surface area contributed by atoms with Crippen LogP contribution >= 0.6 is 0 Å². The second-order valence-electron chi connectivity index (χ2n) is 5.77. The first-order valence-corrected chi connectivity index (χ1v) is 6.27. The molecule has 0 aromatic carbocycles. The quantitative estimate of drug-likeness (QED) is 0.331. The summed E-state index contributed by atoms with van der Waals surface area (Å²) in [6.07, 6.45) is 0.914. The zero-order chi connectivity index (χ0) is 13.1. The molecule has 0 spiro atoms. The second-order valence-corrected chi connectivity index (χ2v) is 5.77. The minimum Gasteiger partial charge on any atom is -0.409 e. The largest absolute Gasteiger partial charge is 0.409 e. The van der Waals surface area contributed by atoms with Crippen molar-refractivity contribution in [2.45, 2.75) is 33.2 Å². The number of rotatable bonds is 4. The highest BCUT2D eigenvalue weighted by molar-refractivity contribution is 5.85. The highest BCUT2D eigenvalue weighted by Crippen LogP contribution is 2.22. The van der Waals surface area contributed by atoms with E-state index >= 15 is 0 Å². The van der Waals surface area contributed by atoms with Gasteiger partial charge in [0.15, 0.2) is 0 Å². The van der Waals surface area contributed by atoms with Crippen molar-refractivity contribution in [3.8, 4) is 0 Å². The van der Waals surface area contributed by atoms with Gasteiger partial charge in [-0.1, -0.05) is 19.0 Å². The molecule has 1 atom stereocenters. The Kier molecular flexibility index (Phi) is 4.77. The molecule has 5 nitrogen and oxygen atoms in total. The molecule has 0 aromatic rings. The van der Waals surface area contributed by atoms with E-state index in [1.807, 2.05) is 13.8 Å². The zero-order valence-corrected chi connectivity index (χ0v) is 11.5. The van der Waals surface area contributed by atoms with Gasteiger partial charge in [-0.3, -0.25) is 4.90 Å². The van der Waals surface area contributed by atoms with E-state index in [2.05, 4.69) is 28.9 Å². The molecule has 1 saturated heterocycles. The maximum Gasteiger partial charge on any atom is 0.144 e. The van der Waals surface area contributed by atoms with Crippen LogP contribution in [0.2, 0.25) is 0 Å². The van der Waals surface area contributed by atoms with E-state index in [4.69, 9.17) is 10.9 Å². The molecule has 17 heavy (non-hydrogen) atoms. The summed E-state index contributed by atoms with van der Waals surface area (Å²) in [7, 11) is 2.16. The number of amidine groups is 1. The third-order valence-corrected chi connectivity index (χ3v) is 3.79. The summed E-state index contributed by atoms with van der Waals surface area (Å²) >= 11 is 0. The van der Waals surface area contributed by atoms with Crippen LogP contribution in [0, 0.1) is 5.41 Å². The van der Waals surface area contributed by atoms with Crippen LogP contribution in [0.4, 0.5) is 0 Å². The van der Waals surface area contributed by atoms with Gasteiger partial charge in [0.2, 0.25) is 0 Å². The molecule has 5 heteroatoms. The molecule has 0 aromatic heterocycles. The summed E-state index contributed by atoms with van der Waals surface area (Å²) < 4.78 is 0. The Labute approximate surface area is 104 Å². The van der Waals surface area contributed by atoms with Crippen molar-refractivity contribution in [1.82, 2.24) is 9.80 Å². The van der Waals surface area contributed by atoms with Crippen LogP contribution in [0.25, 0.3) is 0 Å². The predicted octanol–water partition coefficient (Wildman–Crippen LogP) is 0.785. The van der Waals surface area contributed by atoms with E-state index in [0.717, 1.165) is 32.6 Å². The van der Waals surface area contributed by atoms with Gasteiger partial charge in [0.1, 0.15) is 5.84 Å². The van der Waals surface area contributed by atoms with Gasteiger partial charge in [0.05, 0.1) is 0 Å². The van der Waals surface area contributed by atoms with E-state index in [9.17, 15) is 0 Å². The van der Waals surface area contributed by atoms with Crippen LogP contribution in [-0.4, -0.2) is 60.1 Å². The van der Waals surface area contributed by atoms with Gasteiger partial charge < -0.3 is 15.8 Å². The Morgan fingerprint density at radius 1 is 1.47 bits per heavy atom.